The summed E-state index contributed by atoms with van der Waals surface area (Å²) in [7, 11) is 0. The monoisotopic (exact) mass is 374 g/mol. The Bertz CT molecular complexity index is 904. The first-order chi connectivity index (χ1) is 12.1. The van der Waals surface area contributed by atoms with Crippen LogP contribution >= 0.6 is 22.9 Å². The van der Waals surface area contributed by atoms with Gasteiger partial charge >= 0.3 is 0 Å². The zero-order valence-corrected chi connectivity index (χ0v) is 15.7. The predicted molar refractivity (Wildman–Crippen MR) is 105 cm³/mol. The lowest BCUT2D eigenvalue weighted by molar-refractivity contribution is 0.122. The molecular formula is C18H19ClN4OS. The van der Waals surface area contributed by atoms with E-state index in [2.05, 4.69) is 58.3 Å². The first-order valence-electron chi connectivity index (χ1n) is 8.25. The SMILES string of the molecule is Cc1sc2nc(Cl)nc(Nc3ccc(N4CCOCC4)cc3)c2c1C. The summed E-state index contributed by atoms with van der Waals surface area (Å²) < 4.78 is 5.41. The molecule has 7 heteroatoms. The van der Waals surface area contributed by atoms with Crippen molar-refractivity contribution in [1.82, 2.24) is 9.97 Å². The Morgan fingerprint density at radius 3 is 2.56 bits per heavy atom. The first-order valence-corrected chi connectivity index (χ1v) is 9.44. The standard InChI is InChI=1S/C18H19ClN4OS/c1-11-12(2)25-17-15(11)16(21-18(19)22-17)20-13-3-5-14(6-4-13)23-7-9-24-10-8-23/h3-6H,7-10H2,1-2H3,(H,20,21,22). The van der Waals surface area contributed by atoms with E-state index < -0.39 is 0 Å². The summed E-state index contributed by atoms with van der Waals surface area (Å²) in [6, 6.07) is 8.39. The average molecular weight is 375 g/mol. The third kappa shape index (κ3) is 3.29. The Hall–Kier alpha value is -1.89. The third-order valence-electron chi connectivity index (χ3n) is 4.51. The molecule has 1 N–H and O–H groups in total. The molecule has 130 valence electrons. The molecule has 25 heavy (non-hydrogen) atoms. The van der Waals surface area contributed by atoms with Crippen molar-refractivity contribution in [3.63, 3.8) is 0 Å². The summed E-state index contributed by atoms with van der Waals surface area (Å²) in [6.07, 6.45) is 0. The molecule has 1 aromatic carbocycles. The molecule has 0 radical (unpaired) electrons. The number of hydrogen-bond acceptors (Lipinski definition) is 6. The number of thiophene rings is 1. The van der Waals surface area contributed by atoms with E-state index in [1.165, 1.54) is 16.1 Å². The number of anilines is 3. The Balaban J connectivity index is 1.63. The minimum absolute atomic E-state index is 0.265. The number of hydrogen-bond donors (Lipinski definition) is 1. The van der Waals surface area contributed by atoms with E-state index in [0.717, 1.165) is 48.0 Å². The maximum absolute atomic E-state index is 6.10. The number of aryl methyl sites for hydroxylation is 2. The van der Waals surface area contributed by atoms with Gasteiger partial charge in [-0.2, -0.15) is 4.98 Å². The van der Waals surface area contributed by atoms with Gasteiger partial charge in [0.15, 0.2) is 0 Å². The maximum Gasteiger partial charge on any atom is 0.225 e. The fraction of sp³-hybridized carbons (Fsp3) is 0.333. The largest absolute Gasteiger partial charge is 0.378 e. The number of nitrogens with zero attached hydrogens (tertiary/aromatic N) is 3. The van der Waals surface area contributed by atoms with E-state index in [4.69, 9.17) is 16.3 Å². The van der Waals surface area contributed by atoms with Gasteiger partial charge < -0.3 is 15.0 Å². The van der Waals surface area contributed by atoms with Crippen LogP contribution in [-0.4, -0.2) is 36.3 Å². The molecule has 4 rings (SSSR count). The van der Waals surface area contributed by atoms with Crippen molar-refractivity contribution in [2.45, 2.75) is 13.8 Å². The van der Waals surface area contributed by atoms with Crippen LogP contribution in [0.15, 0.2) is 24.3 Å². The predicted octanol–water partition coefficient (Wildman–Crippen LogP) is 4.54. The second-order valence-corrected chi connectivity index (χ2v) is 7.62. The summed E-state index contributed by atoms with van der Waals surface area (Å²) in [5.74, 6) is 0.760. The number of benzene rings is 1. The number of morpholine rings is 1. The zero-order chi connectivity index (χ0) is 17.4. The summed E-state index contributed by atoms with van der Waals surface area (Å²) in [5, 5.41) is 4.71. The van der Waals surface area contributed by atoms with Crippen LogP contribution in [0, 0.1) is 13.8 Å². The molecule has 0 bridgehead atoms. The van der Waals surface area contributed by atoms with Crippen LogP contribution in [0.2, 0.25) is 5.28 Å². The van der Waals surface area contributed by atoms with E-state index in [9.17, 15) is 0 Å². The maximum atomic E-state index is 6.10. The Labute approximate surface area is 155 Å². The molecule has 1 aliphatic heterocycles. The van der Waals surface area contributed by atoms with Crippen molar-refractivity contribution in [3.05, 3.63) is 40.0 Å². The molecule has 0 amide bonds. The summed E-state index contributed by atoms with van der Waals surface area (Å²) in [5.41, 5.74) is 3.39. The normalized spacial score (nSPS) is 14.9. The molecule has 0 spiro atoms. The van der Waals surface area contributed by atoms with Gasteiger partial charge in [0.2, 0.25) is 5.28 Å². The van der Waals surface area contributed by atoms with Gasteiger partial charge in [-0.1, -0.05) is 0 Å². The molecular weight excluding hydrogens is 356 g/mol. The number of fused-ring (bicyclic) bond motifs is 1. The van der Waals surface area contributed by atoms with Crippen molar-refractivity contribution >= 4 is 50.3 Å². The quantitative estimate of drug-likeness (QED) is 0.682. The van der Waals surface area contributed by atoms with Gasteiger partial charge in [0.1, 0.15) is 10.6 Å². The molecule has 1 fully saturated rings. The highest BCUT2D eigenvalue weighted by atomic mass is 35.5. The summed E-state index contributed by atoms with van der Waals surface area (Å²) in [6.45, 7) is 7.63. The molecule has 0 atom stereocenters. The van der Waals surface area contributed by atoms with E-state index in [-0.39, 0.29) is 5.28 Å². The van der Waals surface area contributed by atoms with Crippen molar-refractivity contribution in [3.8, 4) is 0 Å². The topological polar surface area (TPSA) is 50.3 Å². The van der Waals surface area contributed by atoms with Gasteiger partial charge in [0.05, 0.1) is 18.6 Å². The number of rotatable bonds is 3. The van der Waals surface area contributed by atoms with Crippen molar-refractivity contribution in [2.24, 2.45) is 0 Å². The van der Waals surface area contributed by atoms with Crippen LogP contribution in [0.3, 0.4) is 0 Å². The lowest BCUT2D eigenvalue weighted by Gasteiger charge is -2.28. The molecule has 3 heterocycles. The van der Waals surface area contributed by atoms with Crippen LogP contribution in [-0.2, 0) is 4.74 Å². The highest BCUT2D eigenvalue weighted by molar-refractivity contribution is 7.18. The van der Waals surface area contributed by atoms with Gasteiger partial charge in [-0.25, -0.2) is 4.98 Å². The van der Waals surface area contributed by atoms with E-state index >= 15 is 0 Å². The first kappa shape index (κ1) is 16.6. The zero-order valence-electron chi connectivity index (χ0n) is 14.2. The Morgan fingerprint density at radius 2 is 1.84 bits per heavy atom. The second-order valence-electron chi connectivity index (χ2n) is 6.08. The third-order valence-corrected chi connectivity index (χ3v) is 5.78. The number of halogens is 1. The highest BCUT2D eigenvalue weighted by Gasteiger charge is 2.15. The minimum atomic E-state index is 0.265. The van der Waals surface area contributed by atoms with Gasteiger partial charge in [-0.05, 0) is 55.3 Å². The molecule has 3 aromatic rings. The van der Waals surface area contributed by atoms with Gasteiger partial charge in [-0.3, -0.25) is 0 Å². The lowest BCUT2D eigenvalue weighted by Crippen LogP contribution is -2.36. The van der Waals surface area contributed by atoms with E-state index in [1.54, 1.807) is 11.3 Å². The number of ether oxygens (including phenoxy) is 1. The van der Waals surface area contributed by atoms with Crippen LogP contribution in [0.25, 0.3) is 10.2 Å². The molecule has 0 unspecified atom stereocenters. The minimum Gasteiger partial charge on any atom is -0.378 e. The molecule has 2 aromatic heterocycles. The van der Waals surface area contributed by atoms with Gasteiger partial charge in [-0.15, -0.1) is 11.3 Å². The Morgan fingerprint density at radius 1 is 1.12 bits per heavy atom. The molecule has 0 aliphatic carbocycles. The average Bonchev–Trinajstić information content (AvgIpc) is 2.90. The number of aromatic nitrogens is 2. The molecule has 5 nitrogen and oxygen atoms in total. The van der Waals surface area contributed by atoms with Crippen molar-refractivity contribution in [1.29, 1.82) is 0 Å². The fourth-order valence-electron chi connectivity index (χ4n) is 3.03. The van der Waals surface area contributed by atoms with Crippen LogP contribution in [0.1, 0.15) is 10.4 Å². The summed E-state index contributed by atoms with van der Waals surface area (Å²) in [4.78, 5) is 13.2. The van der Waals surface area contributed by atoms with E-state index in [0.29, 0.717) is 0 Å². The van der Waals surface area contributed by atoms with Crippen molar-refractivity contribution < 1.29 is 4.74 Å². The van der Waals surface area contributed by atoms with E-state index in [1.807, 2.05) is 0 Å². The van der Waals surface area contributed by atoms with Gasteiger partial charge in [0, 0.05) is 29.3 Å². The number of nitrogens with one attached hydrogen (secondary N) is 1. The molecule has 0 saturated carbocycles. The lowest BCUT2D eigenvalue weighted by atomic mass is 10.2. The van der Waals surface area contributed by atoms with Crippen LogP contribution < -0.4 is 10.2 Å². The van der Waals surface area contributed by atoms with Crippen molar-refractivity contribution in [2.75, 3.05) is 36.5 Å². The highest BCUT2D eigenvalue weighted by Crippen LogP contribution is 2.35. The molecule has 1 aliphatic rings. The van der Waals surface area contributed by atoms with Gasteiger partial charge in [0.25, 0.3) is 0 Å². The van der Waals surface area contributed by atoms with Crippen LogP contribution in [0.4, 0.5) is 17.2 Å². The Kier molecular flexibility index (Phi) is 4.50. The second kappa shape index (κ2) is 6.78. The fourth-order valence-corrected chi connectivity index (χ4v) is 4.28. The smallest absolute Gasteiger partial charge is 0.225 e. The molecule has 1 saturated heterocycles. The summed E-state index contributed by atoms with van der Waals surface area (Å²) >= 11 is 7.75. The van der Waals surface area contributed by atoms with Crippen LogP contribution in [0.5, 0.6) is 0 Å².